The molecule has 1 aromatic rings. The van der Waals surface area contributed by atoms with E-state index in [-0.39, 0.29) is 0 Å². The minimum Gasteiger partial charge on any atom is -0.364 e. The Kier molecular flexibility index (Phi) is 1.96. The molecular weight excluding hydrogens is 150 g/mol. The predicted octanol–water partition coefficient (Wildman–Crippen LogP) is 0.199. The molecule has 0 atom stereocenters. The van der Waals surface area contributed by atoms with E-state index in [0.717, 1.165) is 11.3 Å². The molecule has 1 amide bonds. The van der Waals surface area contributed by atoms with Gasteiger partial charge in [-0.25, -0.2) is 0 Å². The Morgan fingerprint density at radius 3 is 2.90 bits per heavy atom. The molecular formula is C5H7N3OS. The van der Waals surface area contributed by atoms with Crippen molar-refractivity contribution in [2.24, 2.45) is 5.73 Å². The van der Waals surface area contributed by atoms with Gasteiger partial charge in [0.2, 0.25) is 0 Å². The molecule has 0 aromatic carbocycles. The van der Waals surface area contributed by atoms with Crippen molar-refractivity contribution in [3.05, 3.63) is 10.6 Å². The van der Waals surface area contributed by atoms with Crippen molar-refractivity contribution in [3.63, 3.8) is 0 Å². The molecule has 0 unspecified atom stereocenters. The van der Waals surface area contributed by atoms with Crippen molar-refractivity contribution >= 4 is 17.4 Å². The Labute approximate surface area is 62.2 Å². The van der Waals surface area contributed by atoms with Crippen LogP contribution in [0, 0.1) is 0 Å². The van der Waals surface area contributed by atoms with Crippen LogP contribution in [0.3, 0.4) is 0 Å². The number of primary amides is 1. The van der Waals surface area contributed by atoms with Crippen molar-refractivity contribution in [1.82, 2.24) is 9.59 Å². The van der Waals surface area contributed by atoms with Crippen LogP contribution < -0.4 is 5.73 Å². The second-order valence-corrected chi connectivity index (χ2v) is 2.60. The number of hydrogen-bond acceptors (Lipinski definition) is 4. The third-order valence-corrected chi connectivity index (χ3v) is 1.98. The average molecular weight is 157 g/mol. The van der Waals surface area contributed by atoms with Crippen LogP contribution >= 0.6 is 11.5 Å². The van der Waals surface area contributed by atoms with E-state index >= 15 is 0 Å². The zero-order valence-electron chi connectivity index (χ0n) is 5.50. The van der Waals surface area contributed by atoms with Gasteiger partial charge in [-0.1, -0.05) is 11.4 Å². The molecule has 0 radical (unpaired) electrons. The van der Waals surface area contributed by atoms with Crippen LogP contribution in [-0.4, -0.2) is 15.5 Å². The number of nitrogens with two attached hydrogens (primary N) is 1. The standard InChI is InChI=1S/C5H7N3OS/c1-2-3-4(5(6)9)7-8-10-3/h2H2,1H3,(H2,6,9). The zero-order valence-corrected chi connectivity index (χ0v) is 6.31. The summed E-state index contributed by atoms with van der Waals surface area (Å²) in [5, 5.41) is 3.58. The molecule has 0 aliphatic carbocycles. The van der Waals surface area contributed by atoms with Gasteiger partial charge in [-0.2, -0.15) is 0 Å². The number of aromatic nitrogens is 2. The van der Waals surface area contributed by atoms with Crippen LogP contribution in [0.1, 0.15) is 22.3 Å². The van der Waals surface area contributed by atoms with Crippen LogP contribution in [0.15, 0.2) is 0 Å². The van der Waals surface area contributed by atoms with Crippen molar-refractivity contribution in [3.8, 4) is 0 Å². The van der Waals surface area contributed by atoms with Gasteiger partial charge in [-0.3, -0.25) is 4.79 Å². The lowest BCUT2D eigenvalue weighted by atomic mass is 10.3. The first-order valence-corrected chi connectivity index (χ1v) is 3.64. The highest BCUT2D eigenvalue weighted by molar-refractivity contribution is 7.05. The third-order valence-electron chi connectivity index (χ3n) is 1.11. The normalized spacial score (nSPS) is 9.70. The summed E-state index contributed by atoms with van der Waals surface area (Å²) in [6.07, 6.45) is 0.760. The summed E-state index contributed by atoms with van der Waals surface area (Å²) in [6, 6.07) is 0. The zero-order chi connectivity index (χ0) is 7.56. The first-order chi connectivity index (χ1) is 4.75. The van der Waals surface area contributed by atoms with Crippen LogP contribution in [-0.2, 0) is 6.42 Å². The fraction of sp³-hybridized carbons (Fsp3) is 0.400. The molecule has 0 aliphatic heterocycles. The fourth-order valence-electron chi connectivity index (χ4n) is 0.628. The Balaban J connectivity index is 3.01. The smallest absolute Gasteiger partial charge is 0.270 e. The minimum absolute atomic E-state index is 0.313. The maximum Gasteiger partial charge on any atom is 0.270 e. The van der Waals surface area contributed by atoms with Gasteiger partial charge in [0.25, 0.3) is 5.91 Å². The van der Waals surface area contributed by atoms with Crippen LogP contribution in [0.4, 0.5) is 0 Å². The van der Waals surface area contributed by atoms with Gasteiger partial charge in [0.1, 0.15) is 0 Å². The minimum atomic E-state index is -0.495. The van der Waals surface area contributed by atoms with Crippen LogP contribution in [0.5, 0.6) is 0 Å². The molecule has 0 aliphatic rings. The summed E-state index contributed by atoms with van der Waals surface area (Å²) in [5.41, 5.74) is 5.31. The molecule has 0 spiro atoms. The van der Waals surface area contributed by atoms with E-state index in [4.69, 9.17) is 5.73 Å². The fourth-order valence-corrected chi connectivity index (χ4v) is 1.21. The Hall–Kier alpha value is -0.970. The van der Waals surface area contributed by atoms with E-state index in [1.807, 2.05) is 6.92 Å². The van der Waals surface area contributed by atoms with Crippen molar-refractivity contribution in [2.45, 2.75) is 13.3 Å². The lowest BCUT2D eigenvalue weighted by Gasteiger charge is -1.88. The molecule has 0 saturated carbocycles. The number of aryl methyl sites for hydroxylation is 1. The summed E-state index contributed by atoms with van der Waals surface area (Å²) in [5.74, 6) is -0.495. The molecule has 2 N–H and O–H groups in total. The second-order valence-electron chi connectivity index (χ2n) is 1.76. The van der Waals surface area contributed by atoms with Crippen LogP contribution in [0.25, 0.3) is 0 Å². The lowest BCUT2D eigenvalue weighted by Crippen LogP contribution is -2.13. The Morgan fingerprint density at radius 1 is 1.80 bits per heavy atom. The first-order valence-electron chi connectivity index (χ1n) is 2.86. The predicted molar refractivity (Wildman–Crippen MR) is 37.8 cm³/mol. The SMILES string of the molecule is CCc1snnc1C(N)=O. The van der Waals surface area contributed by atoms with E-state index < -0.39 is 5.91 Å². The van der Waals surface area contributed by atoms with Crippen LogP contribution in [0.2, 0.25) is 0 Å². The van der Waals surface area contributed by atoms with E-state index in [9.17, 15) is 4.79 Å². The molecule has 10 heavy (non-hydrogen) atoms. The van der Waals surface area contributed by atoms with Gasteiger partial charge < -0.3 is 5.73 Å². The molecule has 0 saturated heterocycles. The van der Waals surface area contributed by atoms with E-state index in [1.165, 1.54) is 11.5 Å². The highest BCUT2D eigenvalue weighted by Crippen LogP contribution is 2.09. The summed E-state index contributed by atoms with van der Waals surface area (Å²) in [4.78, 5) is 11.4. The van der Waals surface area contributed by atoms with Gasteiger partial charge in [-0.15, -0.1) is 5.10 Å². The van der Waals surface area contributed by atoms with Gasteiger partial charge in [-0.05, 0) is 18.0 Å². The lowest BCUT2D eigenvalue weighted by molar-refractivity contribution is 0.0995. The molecule has 4 nitrogen and oxygen atoms in total. The van der Waals surface area contributed by atoms with E-state index in [2.05, 4.69) is 9.59 Å². The summed E-state index contributed by atoms with van der Waals surface area (Å²) in [6.45, 7) is 1.93. The molecule has 54 valence electrons. The van der Waals surface area contributed by atoms with Gasteiger partial charge in [0, 0.05) is 0 Å². The molecule has 0 fully saturated rings. The first kappa shape index (κ1) is 7.14. The number of rotatable bonds is 2. The van der Waals surface area contributed by atoms with Gasteiger partial charge >= 0.3 is 0 Å². The van der Waals surface area contributed by atoms with Crippen molar-refractivity contribution in [1.29, 1.82) is 0 Å². The maximum absolute atomic E-state index is 10.6. The summed E-state index contributed by atoms with van der Waals surface area (Å²) >= 11 is 1.22. The largest absolute Gasteiger partial charge is 0.364 e. The molecule has 1 heterocycles. The topological polar surface area (TPSA) is 68.9 Å². The van der Waals surface area contributed by atoms with Crippen molar-refractivity contribution < 1.29 is 4.79 Å². The van der Waals surface area contributed by atoms with Gasteiger partial charge in [0.05, 0.1) is 4.88 Å². The number of nitrogens with zero attached hydrogens (tertiary/aromatic N) is 2. The maximum atomic E-state index is 10.6. The van der Waals surface area contributed by atoms with E-state index in [0.29, 0.717) is 5.69 Å². The molecule has 0 bridgehead atoms. The third kappa shape index (κ3) is 1.13. The van der Waals surface area contributed by atoms with Gasteiger partial charge in [0.15, 0.2) is 5.69 Å². The average Bonchev–Trinajstić information content (AvgIpc) is 2.33. The molecule has 1 rings (SSSR count). The molecule has 1 aromatic heterocycles. The number of carbonyl (C=O) groups excluding carboxylic acids is 1. The monoisotopic (exact) mass is 157 g/mol. The number of carbonyl (C=O) groups is 1. The number of hydrogen-bond donors (Lipinski definition) is 1. The number of amides is 1. The highest BCUT2D eigenvalue weighted by atomic mass is 32.1. The Morgan fingerprint density at radius 2 is 2.50 bits per heavy atom. The quantitative estimate of drug-likeness (QED) is 0.666. The highest BCUT2D eigenvalue weighted by Gasteiger charge is 2.10. The second kappa shape index (κ2) is 2.74. The summed E-state index contributed by atoms with van der Waals surface area (Å²) in [7, 11) is 0. The summed E-state index contributed by atoms with van der Waals surface area (Å²) < 4.78 is 3.61. The molecule has 5 heteroatoms. The van der Waals surface area contributed by atoms with Crippen molar-refractivity contribution in [2.75, 3.05) is 0 Å². The Bertz CT molecular complexity index is 245. The van der Waals surface area contributed by atoms with E-state index in [1.54, 1.807) is 0 Å².